The number of thiocarbonyl (C=S) groups is 1. The molecule has 1 aromatic carbocycles. The molecule has 20 heavy (non-hydrogen) atoms. The largest absolute Gasteiger partial charge is 0.438 e. The summed E-state index contributed by atoms with van der Waals surface area (Å²) in [7, 11) is 0. The zero-order valence-electron chi connectivity index (χ0n) is 10.5. The zero-order valence-corrected chi connectivity index (χ0v) is 11.3. The van der Waals surface area contributed by atoms with Crippen LogP contribution in [-0.4, -0.2) is 15.0 Å². The van der Waals surface area contributed by atoms with Gasteiger partial charge in [0.15, 0.2) is 0 Å². The van der Waals surface area contributed by atoms with E-state index in [2.05, 4.69) is 9.97 Å². The van der Waals surface area contributed by atoms with Crippen LogP contribution < -0.4 is 10.5 Å². The molecular formula is C15H11N3OS. The third-order valence-corrected chi connectivity index (χ3v) is 3.08. The summed E-state index contributed by atoms with van der Waals surface area (Å²) >= 11 is 4.95. The van der Waals surface area contributed by atoms with Crippen LogP contribution in [-0.2, 0) is 0 Å². The number of benzene rings is 1. The normalized spacial score (nSPS) is 10.4. The molecule has 0 fully saturated rings. The zero-order chi connectivity index (χ0) is 13.9. The Bertz CT molecular complexity index is 783. The van der Waals surface area contributed by atoms with Gasteiger partial charge < -0.3 is 10.5 Å². The first kappa shape index (κ1) is 12.5. The van der Waals surface area contributed by atoms with Gasteiger partial charge >= 0.3 is 0 Å². The summed E-state index contributed by atoms with van der Waals surface area (Å²) in [6, 6.07) is 13.0. The van der Waals surface area contributed by atoms with Gasteiger partial charge in [0.2, 0.25) is 5.88 Å². The molecule has 5 heteroatoms. The highest BCUT2D eigenvalue weighted by Crippen LogP contribution is 2.27. The molecule has 0 aliphatic carbocycles. The Morgan fingerprint density at radius 2 is 1.95 bits per heavy atom. The van der Waals surface area contributed by atoms with Gasteiger partial charge in [-0.3, -0.25) is 4.98 Å². The van der Waals surface area contributed by atoms with Crippen molar-refractivity contribution in [3.8, 4) is 11.6 Å². The predicted molar refractivity (Wildman–Crippen MR) is 81.9 cm³/mol. The minimum atomic E-state index is 0.317. The Morgan fingerprint density at radius 3 is 2.80 bits per heavy atom. The molecule has 2 heterocycles. The van der Waals surface area contributed by atoms with Crippen molar-refractivity contribution in [3.63, 3.8) is 0 Å². The molecule has 0 saturated carbocycles. The van der Waals surface area contributed by atoms with Crippen LogP contribution in [0.15, 0.2) is 54.9 Å². The third-order valence-electron chi connectivity index (χ3n) is 2.84. The Labute approximate surface area is 121 Å². The molecule has 0 aliphatic rings. The molecule has 4 nitrogen and oxygen atoms in total. The molecule has 3 rings (SSSR count). The molecule has 0 unspecified atom stereocenters. The Morgan fingerprint density at radius 1 is 1.05 bits per heavy atom. The number of pyridine rings is 2. The van der Waals surface area contributed by atoms with E-state index in [1.807, 2.05) is 30.3 Å². The minimum Gasteiger partial charge on any atom is -0.438 e. The molecule has 0 atom stereocenters. The molecule has 0 radical (unpaired) electrons. The maximum Gasteiger partial charge on any atom is 0.219 e. The molecular weight excluding hydrogens is 270 g/mol. The lowest BCUT2D eigenvalue weighted by atomic mass is 10.2. The summed E-state index contributed by atoms with van der Waals surface area (Å²) in [5.74, 6) is 1.15. The second-order valence-electron chi connectivity index (χ2n) is 4.18. The third kappa shape index (κ3) is 2.44. The number of aromatic nitrogens is 2. The molecule has 3 aromatic rings. The number of fused-ring (bicyclic) bond motifs is 1. The van der Waals surface area contributed by atoms with Crippen LogP contribution in [0.25, 0.3) is 10.9 Å². The number of hydrogen-bond donors (Lipinski definition) is 1. The van der Waals surface area contributed by atoms with Gasteiger partial charge in [0.05, 0.1) is 5.52 Å². The summed E-state index contributed by atoms with van der Waals surface area (Å²) < 4.78 is 5.82. The van der Waals surface area contributed by atoms with Crippen molar-refractivity contribution in [2.24, 2.45) is 5.73 Å². The van der Waals surface area contributed by atoms with Gasteiger partial charge in [-0.05, 0) is 30.3 Å². The van der Waals surface area contributed by atoms with Gasteiger partial charge in [-0.25, -0.2) is 4.98 Å². The molecule has 0 amide bonds. The summed E-state index contributed by atoms with van der Waals surface area (Å²) in [4.78, 5) is 8.77. The summed E-state index contributed by atoms with van der Waals surface area (Å²) in [5.41, 5.74) is 7.20. The van der Waals surface area contributed by atoms with Crippen LogP contribution in [0.4, 0.5) is 0 Å². The standard InChI is InChI=1S/C15H11N3OS/c16-15(20)10-6-8-18-14(9-10)19-13-5-1-4-12-11(13)3-2-7-17-12/h1-9H,(H2,16,20). The van der Waals surface area contributed by atoms with E-state index in [-0.39, 0.29) is 0 Å². The minimum absolute atomic E-state index is 0.317. The first-order valence-corrected chi connectivity index (χ1v) is 6.42. The first-order chi connectivity index (χ1) is 9.74. The monoisotopic (exact) mass is 281 g/mol. The number of ether oxygens (including phenoxy) is 1. The van der Waals surface area contributed by atoms with Crippen LogP contribution in [0.5, 0.6) is 11.6 Å². The smallest absolute Gasteiger partial charge is 0.219 e. The lowest BCUT2D eigenvalue weighted by Crippen LogP contribution is -2.09. The lowest BCUT2D eigenvalue weighted by molar-refractivity contribution is 0.468. The quantitative estimate of drug-likeness (QED) is 0.748. The van der Waals surface area contributed by atoms with Crippen molar-refractivity contribution in [2.75, 3.05) is 0 Å². The van der Waals surface area contributed by atoms with Gasteiger partial charge in [-0.15, -0.1) is 0 Å². The number of rotatable bonds is 3. The van der Waals surface area contributed by atoms with E-state index in [4.69, 9.17) is 22.7 Å². The maximum atomic E-state index is 5.82. The van der Waals surface area contributed by atoms with E-state index in [9.17, 15) is 0 Å². The van der Waals surface area contributed by atoms with Gasteiger partial charge in [-0.2, -0.15) is 0 Å². The van der Waals surface area contributed by atoms with Crippen molar-refractivity contribution in [3.05, 3.63) is 60.4 Å². The average molecular weight is 281 g/mol. The summed E-state index contributed by atoms with van der Waals surface area (Å²) in [6.07, 6.45) is 3.37. The van der Waals surface area contributed by atoms with E-state index in [0.717, 1.165) is 16.5 Å². The highest BCUT2D eigenvalue weighted by atomic mass is 32.1. The van der Waals surface area contributed by atoms with Crippen LogP contribution in [0.1, 0.15) is 5.56 Å². The molecule has 98 valence electrons. The van der Waals surface area contributed by atoms with E-state index in [1.54, 1.807) is 24.5 Å². The van der Waals surface area contributed by atoms with E-state index in [0.29, 0.717) is 16.6 Å². The van der Waals surface area contributed by atoms with Crippen molar-refractivity contribution in [1.29, 1.82) is 0 Å². The SMILES string of the molecule is NC(=S)c1ccnc(Oc2cccc3ncccc23)c1. The molecule has 0 bridgehead atoms. The van der Waals surface area contributed by atoms with Crippen molar-refractivity contribution in [2.45, 2.75) is 0 Å². The van der Waals surface area contributed by atoms with Gasteiger partial charge in [0, 0.05) is 29.4 Å². The Balaban J connectivity index is 2.01. The summed E-state index contributed by atoms with van der Waals surface area (Å²) in [5, 5.41) is 0.928. The maximum absolute atomic E-state index is 5.82. The highest BCUT2D eigenvalue weighted by Gasteiger charge is 2.06. The van der Waals surface area contributed by atoms with E-state index >= 15 is 0 Å². The number of nitrogens with zero attached hydrogens (tertiary/aromatic N) is 2. The average Bonchev–Trinajstić information content (AvgIpc) is 2.48. The Hall–Kier alpha value is -2.53. The number of nitrogens with two attached hydrogens (primary N) is 1. The van der Waals surface area contributed by atoms with Gasteiger partial charge in [-0.1, -0.05) is 18.3 Å². The van der Waals surface area contributed by atoms with Gasteiger partial charge in [0.25, 0.3) is 0 Å². The van der Waals surface area contributed by atoms with Crippen molar-refractivity contribution < 1.29 is 4.74 Å². The molecule has 2 N–H and O–H groups in total. The first-order valence-electron chi connectivity index (χ1n) is 6.01. The highest BCUT2D eigenvalue weighted by molar-refractivity contribution is 7.80. The van der Waals surface area contributed by atoms with Crippen molar-refractivity contribution >= 4 is 28.1 Å². The topological polar surface area (TPSA) is 61.0 Å². The van der Waals surface area contributed by atoms with Crippen molar-refractivity contribution in [1.82, 2.24) is 9.97 Å². The van der Waals surface area contributed by atoms with Gasteiger partial charge in [0.1, 0.15) is 10.7 Å². The number of hydrogen-bond acceptors (Lipinski definition) is 4. The fourth-order valence-electron chi connectivity index (χ4n) is 1.90. The van der Waals surface area contributed by atoms with Crippen LogP contribution in [0.3, 0.4) is 0 Å². The fraction of sp³-hybridized carbons (Fsp3) is 0. The predicted octanol–water partition coefficient (Wildman–Crippen LogP) is 3.06. The molecule has 0 aliphatic heterocycles. The molecule has 2 aromatic heterocycles. The van der Waals surface area contributed by atoms with Crippen LogP contribution in [0.2, 0.25) is 0 Å². The fourth-order valence-corrected chi connectivity index (χ4v) is 2.02. The molecule has 0 spiro atoms. The second-order valence-corrected chi connectivity index (χ2v) is 4.62. The van der Waals surface area contributed by atoms with E-state index in [1.165, 1.54) is 0 Å². The summed E-state index contributed by atoms with van der Waals surface area (Å²) in [6.45, 7) is 0. The Kier molecular flexibility index (Phi) is 3.26. The lowest BCUT2D eigenvalue weighted by Gasteiger charge is -2.08. The van der Waals surface area contributed by atoms with Crippen LogP contribution in [0, 0.1) is 0 Å². The van der Waals surface area contributed by atoms with E-state index < -0.39 is 0 Å². The molecule has 0 saturated heterocycles. The second kappa shape index (κ2) is 5.22. The van der Waals surface area contributed by atoms with Crippen LogP contribution >= 0.6 is 12.2 Å².